The van der Waals surface area contributed by atoms with Gasteiger partial charge in [0.25, 0.3) is 0 Å². The summed E-state index contributed by atoms with van der Waals surface area (Å²) in [7, 11) is -0.706. The van der Waals surface area contributed by atoms with E-state index in [4.69, 9.17) is 9.73 Å². The van der Waals surface area contributed by atoms with Crippen molar-refractivity contribution < 1.29 is 130 Å². The van der Waals surface area contributed by atoms with E-state index in [1.54, 1.807) is 0 Å². The molecule has 7 aromatic carbocycles. The summed E-state index contributed by atoms with van der Waals surface area (Å²) in [6.45, 7) is 6.07. The molecule has 97 heavy (non-hydrogen) atoms. The Morgan fingerprint density at radius 2 is 0.660 bits per heavy atom. The van der Waals surface area contributed by atoms with Crippen molar-refractivity contribution >= 4 is 52.6 Å². The number of alkyl halides is 24. The van der Waals surface area contributed by atoms with Crippen LogP contribution in [0.5, 0.6) is 0 Å². The maximum Gasteiger partial charge on any atom is 0.416 e. The molecule has 1 aliphatic carbocycles. The van der Waals surface area contributed by atoms with Crippen molar-refractivity contribution in [3.63, 3.8) is 0 Å². The molecule has 10 rings (SSSR count). The molecule has 3 nitrogen and oxygen atoms in total. The van der Waals surface area contributed by atoms with Crippen molar-refractivity contribution in [1.29, 1.82) is 0 Å². The van der Waals surface area contributed by atoms with Gasteiger partial charge in [-0.05, 0) is 110 Å². The fourth-order valence-corrected chi connectivity index (χ4v) is 13.9. The first kappa shape index (κ1) is 77.8. The zero-order valence-corrected chi connectivity index (χ0v) is 53.5. The van der Waals surface area contributed by atoms with Gasteiger partial charge in [0.05, 0.1) is 56.6 Å². The number of aliphatic imine (C=N–C) groups is 1. The minimum absolute atomic E-state index is 0. The Bertz CT molecular complexity index is 3320. The van der Waals surface area contributed by atoms with Gasteiger partial charge < -0.3 is 4.74 Å². The van der Waals surface area contributed by atoms with E-state index in [9.17, 15) is 105 Å². The summed E-state index contributed by atoms with van der Waals surface area (Å²) in [4.78, 5) is 5.07. The minimum atomic E-state index is -6.13. The van der Waals surface area contributed by atoms with E-state index in [-0.39, 0.29) is 32.2 Å². The average molecular weight is 1590 g/mol. The van der Waals surface area contributed by atoms with Crippen LogP contribution in [0.1, 0.15) is 95.2 Å². The number of hydrogen-bond donors (Lipinski definition) is 0. The van der Waals surface area contributed by atoms with Crippen LogP contribution in [0.2, 0.25) is 0 Å². The third-order valence-electron chi connectivity index (χ3n) is 16.0. The summed E-state index contributed by atoms with van der Waals surface area (Å²) in [5, 5.41) is 2.74. The second-order valence-electron chi connectivity index (χ2n) is 23.0. The van der Waals surface area contributed by atoms with Crippen molar-refractivity contribution in [3.8, 4) is 0 Å². The van der Waals surface area contributed by atoms with Gasteiger partial charge in [-0.15, -0.1) is 0 Å². The fourth-order valence-electron chi connectivity index (χ4n) is 11.4. The summed E-state index contributed by atoms with van der Waals surface area (Å²) in [5.41, 5.74) is -27.4. The summed E-state index contributed by atoms with van der Waals surface area (Å²) in [6, 6.07) is 22.3. The molecule has 0 saturated heterocycles. The molecule has 0 N–H and O–H groups in total. The number of ether oxygens (including phenoxy) is 1. The molecule has 2 aliphatic heterocycles. The van der Waals surface area contributed by atoms with E-state index in [1.807, 2.05) is 0 Å². The van der Waals surface area contributed by atoms with Gasteiger partial charge in [0.1, 0.15) is 12.8 Å². The molecule has 523 valence electrons. The van der Waals surface area contributed by atoms with Gasteiger partial charge in [-0.3, -0.25) is 4.67 Å². The van der Waals surface area contributed by atoms with Crippen LogP contribution < -0.4 is 32.5 Å². The molecule has 0 unspecified atom stereocenters. The number of halogens is 24. The molecule has 30 heteroatoms. The Kier molecular flexibility index (Phi) is 24.1. The van der Waals surface area contributed by atoms with Gasteiger partial charge in [0.2, 0.25) is 5.90 Å². The van der Waals surface area contributed by atoms with Crippen LogP contribution in [-0.2, 0) is 87.2 Å². The standard InChI is InChI=1S/C32H12BF24.C27H29N2OP.C8H12.Ir/c34-25(35,36)13-1-14(26(37,38)39)6-21(5-13)33(22-7-15(27(40,41)42)2-16(8-22)28(43,44)45,23-9-17(29(46,47)48)3-18(10-23)30(49,50)51)24-11-19(31(52,53)54)4-20(12-24)32(55,56)57;1-20(2)25-19-30-27(28-25)26-17-21-11-9-10-12-22(21)18-29(26)31(23-13-5-3-6-14-23)24-15-7-4-8-16-24;1-2-4-6-8-7-5-3-1;/h1-12H;3-16,20,25-26H,17-19H2,1-2H3;1-2,7-8H,3-6H2;/q-1;;;/t;25-,26-;;/m.0../s1. The second kappa shape index (κ2) is 30.1. The van der Waals surface area contributed by atoms with Crippen LogP contribution in [0, 0.1) is 31.6 Å². The Labute approximate surface area is 555 Å². The molecule has 1 fully saturated rings. The quantitative estimate of drug-likeness (QED) is 0.0817. The molecule has 1 saturated carbocycles. The molecule has 0 amide bonds. The van der Waals surface area contributed by atoms with Crippen LogP contribution in [0.15, 0.2) is 163 Å². The average Bonchev–Trinajstić information content (AvgIpc) is 0.966. The predicted octanol–water partition coefficient (Wildman–Crippen LogP) is 18.5. The number of fused-ring (bicyclic) bond motifs is 1. The van der Waals surface area contributed by atoms with Crippen LogP contribution in [-0.4, -0.2) is 35.4 Å². The first-order valence-corrected chi connectivity index (χ1v) is 30.4. The predicted molar refractivity (Wildman–Crippen MR) is 316 cm³/mol. The van der Waals surface area contributed by atoms with Crippen LogP contribution in [0.25, 0.3) is 0 Å². The van der Waals surface area contributed by atoms with E-state index >= 15 is 0 Å². The van der Waals surface area contributed by atoms with Gasteiger partial charge in [0, 0.05) is 34.7 Å². The largest absolute Gasteiger partial charge is 0.478 e. The third kappa shape index (κ3) is 19.1. The van der Waals surface area contributed by atoms with Crippen LogP contribution >= 0.6 is 8.07 Å². The topological polar surface area (TPSA) is 24.8 Å². The molecule has 5 radical (unpaired) electrons. The van der Waals surface area contributed by atoms with Gasteiger partial charge in [-0.1, -0.05) is 147 Å². The summed E-state index contributed by atoms with van der Waals surface area (Å²) < 4.78 is 350. The zero-order valence-electron chi connectivity index (χ0n) is 50.2. The zero-order chi connectivity index (χ0) is 70.8. The number of hydrogen-bond acceptors (Lipinski definition) is 3. The smallest absolute Gasteiger partial charge is 0.416 e. The van der Waals surface area contributed by atoms with E-state index in [0.29, 0.717) is 12.5 Å². The monoisotopic (exact) mass is 1590 g/mol. The van der Waals surface area contributed by atoms with Crippen molar-refractivity contribution in [2.24, 2.45) is 10.9 Å². The Balaban J connectivity index is 0.000000273. The molecule has 7 aromatic rings. The van der Waals surface area contributed by atoms with Crippen molar-refractivity contribution in [3.05, 3.63) is 239 Å². The maximum atomic E-state index is 14.2. The van der Waals surface area contributed by atoms with Gasteiger partial charge in [-0.25, -0.2) is 4.99 Å². The molecule has 3 aliphatic rings. The first-order chi connectivity index (χ1) is 44.5. The fraction of sp³-hybridized carbons (Fsp3) is 0.299. The molecule has 2 atom stereocenters. The SMILES string of the molecule is CC(C)[C@@H]1COC([C@@H]2Cc3ccccc3CN2P(c2ccccc2)c2ccccc2)=N1.FC(F)(F)c1cc([B-](c2cc(C(F)(F)F)cc(C(F)(F)F)c2)(c2cc(C(F)(F)F)cc(C(F)(F)F)c2)c2cc(C(F)(F)F)cc(C(F)(F)F)c2)cc(C(F)(F)F)c1.[CH]1[CH]CC[CH][CH]CC1.[Ir]. The Morgan fingerprint density at radius 1 is 0.392 bits per heavy atom. The molecular formula is C67H53BF24IrN2OP-. The maximum absolute atomic E-state index is 14.2. The second-order valence-corrected chi connectivity index (χ2v) is 25.1. The van der Waals surface area contributed by atoms with E-state index in [0.717, 1.165) is 18.9 Å². The first-order valence-electron chi connectivity index (χ1n) is 29.1. The van der Waals surface area contributed by atoms with Crippen LogP contribution in [0.4, 0.5) is 105 Å². The van der Waals surface area contributed by atoms with E-state index in [2.05, 4.69) is 129 Å². The Morgan fingerprint density at radius 3 is 0.918 bits per heavy atom. The van der Waals surface area contributed by atoms with Crippen molar-refractivity contribution in [2.45, 2.75) is 114 Å². The molecule has 0 aromatic heterocycles. The van der Waals surface area contributed by atoms with Gasteiger partial charge in [-0.2, -0.15) is 127 Å². The molecule has 2 heterocycles. The van der Waals surface area contributed by atoms with Crippen molar-refractivity contribution in [2.75, 3.05) is 6.61 Å². The summed E-state index contributed by atoms with van der Waals surface area (Å²) >= 11 is 0. The summed E-state index contributed by atoms with van der Waals surface area (Å²) in [6.07, 6.45) is -39.9. The van der Waals surface area contributed by atoms with Crippen LogP contribution in [0.3, 0.4) is 0 Å². The van der Waals surface area contributed by atoms with E-state index < -0.39 is 203 Å². The molecule has 0 spiro atoms. The number of benzene rings is 7. The minimum Gasteiger partial charge on any atom is -0.478 e. The number of rotatable bonds is 9. The van der Waals surface area contributed by atoms with Gasteiger partial charge >= 0.3 is 49.4 Å². The number of nitrogens with zero attached hydrogens (tertiary/aromatic N) is 2. The third-order valence-corrected chi connectivity index (χ3v) is 18.5. The summed E-state index contributed by atoms with van der Waals surface area (Å²) in [5.74, 6) is 1.42. The van der Waals surface area contributed by atoms with E-state index in [1.165, 1.54) is 47.4 Å². The molecular weight excluding hydrogens is 1540 g/mol. The van der Waals surface area contributed by atoms with Gasteiger partial charge in [0.15, 0.2) is 0 Å². The normalized spacial score (nSPS) is 17.1. The van der Waals surface area contributed by atoms with Crippen molar-refractivity contribution in [1.82, 2.24) is 4.67 Å². The molecule has 0 bridgehead atoms. The Hall–Kier alpha value is -6.57.